The Kier molecular flexibility index (Phi) is 4.84. The third-order valence-corrected chi connectivity index (χ3v) is 4.66. The van der Waals surface area contributed by atoms with Crippen LogP contribution < -0.4 is 14.4 Å². The van der Waals surface area contributed by atoms with Crippen molar-refractivity contribution >= 4 is 21.4 Å². The molecular weight excluding hydrogens is 252 g/mol. The summed E-state index contributed by atoms with van der Waals surface area (Å²) in [6.45, 7) is 1.85. The van der Waals surface area contributed by atoms with E-state index < -0.39 is 10.0 Å². The highest BCUT2D eigenvalue weighted by Crippen LogP contribution is 2.29. The molecule has 18 heavy (non-hydrogen) atoms. The fraction of sp³-hybridized carbons (Fsp3) is 0.500. The van der Waals surface area contributed by atoms with Crippen LogP contribution >= 0.6 is 0 Å². The van der Waals surface area contributed by atoms with Gasteiger partial charge in [0.1, 0.15) is 5.75 Å². The summed E-state index contributed by atoms with van der Waals surface area (Å²) in [5.41, 5.74) is 1.38. The minimum atomic E-state index is -3.24. The van der Waals surface area contributed by atoms with Crippen molar-refractivity contribution in [1.29, 1.82) is 0 Å². The number of anilines is 2. The fourth-order valence-corrected chi connectivity index (χ4v) is 2.87. The van der Waals surface area contributed by atoms with E-state index in [-0.39, 0.29) is 5.75 Å². The van der Waals surface area contributed by atoms with Crippen molar-refractivity contribution in [2.45, 2.75) is 13.3 Å². The monoisotopic (exact) mass is 272 g/mol. The third kappa shape index (κ3) is 3.07. The SMILES string of the molecule is CCCS(=O)(=O)N(C)c1ccc(OC)c(NC)c1. The number of hydrogen-bond acceptors (Lipinski definition) is 4. The second-order valence-corrected chi connectivity index (χ2v) is 6.04. The Morgan fingerprint density at radius 2 is 2.06 bits per heavy atom. The maximum atomic E-state index is 12.0. The number of sulfonamides is 1. The maximum absolute atomic E-state index is 12.0. The summed E-state index contributed by atoms with van der Waals surface area (Å²) >= 11 is 0. The van der Waals surface area contributed by atoms with Gasteiger partial charge in [-0.3, -0.25) is 4.31 Å². The molecule has 1 N–H and O–H groups in total. The second kappa shape index (κ2) is 5.95. The lowest BCUT2D eigenvalue weighted by atomic mass is 10.2. The molecule has 0 aliphatic rings. The number of rotatable bonds is 6. The van der Waals surface area contributed by atoms with Gasteiger partial charge in [0.2, 0.25) is 10.0 Å². The zero-order valence-electron chi connectivity index (χ0n) is 11.2. The van der Waals surface area contributed by atoms with E-state index in [0.717, 1.165) is 5.69 Å². The van der Waals surface area contributed by atoms with Gasteiger partial charge in [-0.15, -0.1) is 0 Å². The lowest BCUT2D eigenvalue weighted by Gasteiger charge is -2.20. The van der Waals surface area contributed by atoms with Crippen molar-refractivity contribution in [3.05, 3.63) is 18.2 Å². The average Bonchev–Trinajstić information content (AvgIpc) is 2.36. The van der Waals surface area contributed by atoms with Crippen LogP contribution in [0.2, 0.25) is 0 Å². The van der Waals surface area contributed by atoms with Crippen molar-refractivity contribution < 1.29 is 13.2 Å². The first-order chi connectivity index (χ1) is 8.46. The van der Waals surface area contributed by atoms with Crippen molar-refractivity contribution in [2.75, 3.05) is 36.6 Å². The molecule has 6 heteroatoms. The predicted molar refractivity (Wildman–Crippen MR) is 75.0 cm³/mol. The molecule has 0 radical (unpaired) electrons. The summed E-state index contributed by atoms with van der Waals surface area (Å²) in [4.78, 5) is 0. The summed E-state index contributed by atoms with van der Waals surface area (Å²) in [6, 6.07) is 5.23. The van der Waals surface area contributed by atoms with Gasteiger partial charge in [0.05, 0.1) is 24.2 Å². The summed E-state index contributed by atoms with van der Waals surface area (Å²) in [5, 5.41) is 2.98. The lowest BCUT2D eigenvalue weighted by molar-refractivity contribution is 0.416. The molecule has 1 rings (SSSR count). The molecule has 0 spiro atoms. The molecule has 0 bridgehead atoms. The molecule has 0 saturated heterocycles. The normalized spacial score (nSPS) is 11.1. The topological polar surface area (TPSA) is 58.6 Å². The van der Waals surface area contributed by atoms with Crippen molar-refractivity contribution in [3.63, 3.8) is 0 Å². The van der Waals surface area contributed by atoms with Gasteiger partial charge in [-0.05, 0) is 24.6 Å². The maximum Gasteiger partial charge on any atom is 0.234 e. The molecule has 0 aromatic heterocycles. The fourth-order valence-electron chi connectivity index (χ4n) is 1.64. The number of nitrogens with zero attached hydrogens (tertiary/aromatic N) is 1. The molecule has 1 aromatic carbocycles. The smallest absolute Gasteiger partial charge is 0.234 e. The van der Waals surface area contributed by atoms with Gasteiger partial charge in [-0.25, -0.2) is 8.42 Å². The van der Waals surface area contributed by atoms with Crippen LogP contribution in [-0.4, -0.2) is 35.4 Å². The first-order valence-corrected chi connectivity index (χ1v) is 7.39. The van der Waals surface area contributed by atoms with Crippen molar-refractivity contribution in [2.24, 2.45) is 0 Å². The van der Waals surface area contributed by atoms with E-state index in [0.29, 0.717) is 17.9 Å². The standard InChI is InChI=1S/C12H20N2O3S/c1-5-8-18(15,16)14(3)10-6-7-12(17-4)11(9-10)13-2/h6-7,9,13H,5,8H2,1-4H3. The molecule has 0 atom stereocenters. The van der Waals surface area contributed by atoms with Crippen LogP contribution in [0.5, 0.6) is 5.75 Å². The van der Waals surface area contributed by atoms with Gasteiger partial charge in [0, 0.05) is 14.1 Å². The van der Waals surface area contributed by atoms with Gasteiger partial charge in [0.25, 0.3) is 0 Å². The van der Waals surface area contributed by atoms with E-state index >= 15 is 0 Å². The predicted octanol–water partition coefficient (Wildman–Crippen LogP) is 1.91. The quantitative estimate of drug-likeness (QED) is 0.859. The van der Waals surface area contributed by atoms with Gasteiger partial charge >= 0.3 is 0 Å². The Balaban J connectivity index is 3.11. The van der Waals surface area contributed by atoms with Crippen LogP contribution in [0.4, 0.5) is 11.4 Å². The number of hydrogen-bond donors (Lipinski definition) is 1. The van der Waals surface area contributed by atoms with Gasteiger partial charge in [-0.1, -0.05) is 6.92 Å². The summed E-state index contributed by atoms with van der Waals surface area (Å²) in [6.07, 6.45) is 0.599. The molecule has 0 amide bonds. The second-order valence-electron chi connectivity index (χ2n) is 3.92. The largest absolute Gasteiger partial charge is 0.495 e. The van der Waals surface area contributed by atoms with Gasteiger partial charge in [0.15, 0.2) is 0 Å². The van der Waals surface area contributed by atoms with Crippen LogP contribution in [0.25, 0.3) is 0 Å². The molecular formula is C12H20N2O3S. The number of nitrogens with one attached hydrogen (secondary N) is 1. The average molecular weight is 272 g/mol. The molecule has 5 nitrogen and oxygen atoms in total. The van der Waals surface area contributed by atoms with Crippen LogP contribution in [0.15, 0.2) is 18.2 Å². The summed E-state index contributed by atoms with van der Waals surface area (Å²) < 4.78 is 30.4. The number of methoxy groups -OCH3 is 1. The van der Waals surface area contributed by atoms with E-state index in [9.17, 15) is 8.42 Å². The summed E-state index contributed by atoms with van der Waals surface area (Å²) in [5.74, 6) is 0.826. The Morgan fingerprint density at radius 1 is 1.39 bits per heavy atom. The highest BCUT2D eigenvalue weighted by atomic mass is 32.2. The Hall–Kier alpha value is -1.43. The number of benzene rings is 1. The van der Waals surface area contributed by atoms with E-state index in [1.165, 1.54) is 4.31 Å². The molecule has 1 aromatic rings. The van der Waals surface area contributed by atoms with E-state index in [2.05, 4.69) is 5.32 Å². The lowest BCUT2D eigenvalue weighted by Crippen LogP contribution is -2.28. The summed E-state index contributed by atoms with van der Waals surface area (Å²) in [7, 11) is 1.66. The van der Waals surface area contributed by atoms with Gasteiger partial charge in [-0.2, -0.15) is 0 Å². The van der Waals surface area contributed by atoms with Crippen molar-refractivity contribution in [3.8, 4) is 5.75 Å². The van der Waals surface area contributed by atoms with E-state index in [1.807, 2.05) is 6.92 Å². The van der Waals surface area contributed by atoms with E-state index in [1.54, 1.807) is 39.4 Å². The van der Waals surface area contributed by atoms with Gasteiger partial charge < -0.3 is 10.1 Å². The molecule has 0 aliphatic carbocycles. The zero-order valence-corrected chi connectivity index (χ0v) is 12.0. The highest BCUT2D eigenvalue weighted by Gasteiger charge is 2.18. The van der Waals surface area contributed by atoms with Crippen LogP contribution in [0, 0.1) is 0 Å². The van der Waals surface area contributed by atoms with Crippen molar-refractivity contribution in [1.82, 2.24) is 0 Å². The zero-order chi connectivity index (χ0) is 13.8. The minimum Gasteiger partial charge on any atom is -0.495 e. The molecule has 102 valence electrons. The van der Waals surface area contributed by atoms with E-state index in [4.69, 9.17) is 4.74 Å². The molecule has 0 aliphatic heterocycles. The molecule has 0 heterocycles. The molecule has 0 saturated carbocycles. The highest BCUT2D eigenvalue weighted by molar-refractivity contribution is 7.92. The van der Waals surface area contributed by atoms with Crippen LogP contribution in [0.1, 0.15) is 13.3 Å². The first kappa shape index (κ1) is 14.6. The Bertz CT molecular complexity index is 500. The Labute approximate surface area is 109 Å². The third-order valence-electron chi connectivity index (χ3n) is 2.70. The number of ether oxygens (including phenoxy) is 1. The minimum absolute atomic E-state index is 0.143. The molecule has 0 unspecified atom stereocenters. The Morgan fingerprint density at radius 3 is 2.56 bits per heavy atom. The first-order valence-electron chi connectivity index (χ1n) is 5.78. The van der Waals surface area contributed by atoms with Crippen LogP contribution in [0.3, 0.4) is 0 Å². The molecule has 0 fully saturated rings. The van der Waals surface area contributed by atoms with Crippen LogP contribution in [-0.2, 0) is 10.0 Å².